The fraction of sp³-hybridized carbons (Fsp3) is 0.487. The Morgan fingerprint density at radius 1 is 0.581 bits per heavy atom. The van der Waals surface area contributed by atoms with Gasteiger partial charge in [-0.25, -0.2) is 9.59 Å². The molecule has 0 spiro atoms. The van der Waals surface area contributed by atoms with Crippen molar-refractivity contribution in [3.05, 3.63) is 107 Å². The van der Waals surface area contributed by atoms with Gasteiger partial charge in [0.05, 0.1) is 17.7 Å². The first-order valence-electron chi connectivity index (χ1n) is 16.3. The van der Waals surface area contributed by atoms with E-state index in [2.05, 4.69) is 78.8 Å². The van der Waals surface area contributed by atoms with Gasteiger partial charge in [0.25, 0.3) is 0 Å². The second-order valence-corrected chi connectivity index (χ2v) is 11.4. The van der Waals surface area contributed by atoms with Crippen molar-refractivity contribution in [1.82, 2.24) is 0 Å². The zero-order valence-corrected chi connectivity index (χ0v) is 27.8. The van der Waals surface area contributed by atoms with Crippen LogP contribution in [0.4, 0.5) is 0 Å². The molecule has 0 fully saturated rings. The summed E-state index contributed by atoms with van der Waals surface area (Å²) in [6, 6.07) is 25.5. The molecule has 0 saturated carbocycles. The molecule has 0 amide bonds. The third kappa shape index (κ3) is 15.1. The number of aromatic carboxylic acids is 1. The first kappa shape index (κ1) is 37.6. The van der Waals surface area contributed by atoms with Gasteiger partial charge in [-0.3, -0.25) is 0 Å². The molecule has 3 unspecified atom stereocenters. The van der Waals surface area contributed by atoms with E-state index in [1.165, 1.54) is 42.4 Å². The minimum absolute atomic E-state index is 0.198. The molecule has 0 saturated heterocycles. The molecule has 236 valence electrons. The average molecular weight is 589 g/mol. The Morgan fingerprint density at radius 2 is 1.00 bits per heavy atom. The Hall–Kier alpha value is -3.40. The Kier molecular flexibility index (Phi) is 19.4. The normalized spacial score (nSPS) is 12.4. The number of rotatable bonds is 14. The molecule has 1 N–H and O–H groups in total. The number of benzene rings is 3. The molecule has 4 heteroatoms. The second-order valence-electron chi connectivity index (χ2n) is 11.4. The van der Waals surface area contributed by atoms with Crippen LogP contribution in [0.1, 0.15) is 155 Å². The number of carbonyl (C=O) groups excluding carboxylic acids is 1. The predicted octanol–water partition coefficient (Wildman–Crippen LogP) is 11.4. The topological polar surface area (TPSA) is 63.6 Å². The number of carboxylic acids is 1. The second kappa shape index (κ2) is 22.2. The number of esters is 1. The van der Waals surface area contributed by atoms with Crippen LogP contribution in [-0.4, -0.2) is 23.7 Å². The first-order valence-corrected chi connectivity index (χ1v) is 16.3. The van der Waals surface area contributed by atoms with E-state index in [1.54, 1.807) is 12.1 Å². The Labute approximate surface area is 261 Å². The van der Waals surface area contributed by atoms with Crippen molar-refractivity contribution in [2.24, 2.45) is 0 Å². The van der Waals surface area contributed by atoms with Crippen LogP contribution in [0.3, 0.4) is 0 Å². The Bertz CT molecular complexity index is 1140. The monoisotopic (exact) mass is 588 g/mol. The maximum atomic E-state index is 11.9. The van der Waals surface area contributed by atoms with Crippen molar-refractivity contribution in [3.8, 4) is 0 Å². The summed E-state index contributed by atoms with van der Waals surface area (Å²) in [4.78, 5) is 22.4. The summed E-state index contributed by atoms with van der Waals surface area (Å²) in [5, 5.41) is 8.67. The summed E-state index contributed by atoms with van der Waals surface area (Å²) in [5.74, 6) is 0.689. The SMILES string of the molecule is CCC(C)c1ccc(C(=O)O)cc1.CCC(C)c1ccccc1.CCCCCCCOC(=O)c1ccc(C(C)CC)cc1. The number of ether oxygens (including phenoxy) is 1. The molecular formula is C39H56O4. The summed E-state index contributed by atoms with van der Waals surface area (Å²) in [6.07, 6.45) is 9.27. The summed E-state index contributed by atoms with van der Waals surface area (Å²) >= 11 is 0. The molecule has 3 aromatic carbocycles. The summed E-state index contributed by atoms with van der Waals surface area (Å²) in [6.45, 7) is 15.8. The summed E-state index contributed by atoms with van der Waals surface area (Å²) in [5.41, 5.74) is 4.94. The lowest BCUT2D eigenvalue weighted by Gasteiger charge is -2.09. The molecule has 3 aromatic rings. The van der Waals surface area contributed by atoms with Crippen LogP contribution in [0.15, 0.2) is 78.9 Å². The molecule has 0 aliphatic carbocycles. The number of carbonyl (C=O) groups is 2. The predicted molar refractivity (Wildman–Crippen MR) is 181 cm³/mol. The van der Waals surface area contributed by atoms with Gasteiger partial charge >= 0.3 is 11.9 Å². The van der Waals surface area contributed by atoms with Gasteiger partial charge in [0.15, 0.2) is 0 Å². The Morgan fingerprint density at radius 3 is 1.42 bits per heavy atom. The van der Waals surface area contributed by atoms with Gasteiger partial charge in [-0.15, -0.1) is 0 Å². The third-order valence-electron chi connectivity index (χ3n) is 8.13. The number of hydrogen-bond donors (Lipinski definition) is 1. The van der Waals surface area contributed by atoms with Crippen LogP contribution in [0.5, 0.6) is 0 Å². The standard InChI is InChI=1S/C18H28O2.C11H14O2.C10H14/c1-4-6-7-8-9-14-20-18(19)17-12-10-16(11-13-17)15(3)5-2;1-3-8(2)9-4-6-10(7-5-9)11(12)13;1-3-9(2)10-7-5-4-6-8-10/h10-13,15H,4-9,14H2,1-3H3;4-8H,3H2,1-2H3,(H,12,13);4-9H,3H2,1-2H3. The number of hydrogen-bond acceptors (Lipinski definition) is 3. The van der Waals surface area contributed by atoms with Crippen LogP contribution >= 0.6 is 0 Å². The highest BCUT2D eigenvalue weighted by Gasteiger charge is 2.09. The van der Waals surface area contributed by atoms with E-state index in [1.807, 2.05) is 36.4 Å². The molecule has 0 bridgehead atoms. The molecule has 0 aliphatic heterocycles. The van der Waals surface area contributed by atoms with Crippen molar-refractivity contribution in [2.75, 3.05) is 6.61 Å². The summed E-state index contributed by atoms with van der Waals surface area (Å²) < 4.78 is 5.30. The number of carboxylic acid groups (broad SMARTS) is 1. The molecule has 43 heavy (non-hydrogen) atoms. The molecule has 4 nitrogen and oxygen atoms in total. The molecule has 0 aliphatic rings. The van der Waals surface area contributed by atoms with Gasteiger partial charge in [0.1, 0.15) is 0 Å². The quantitative estimate of drug-likeness (QED) is 0.150. The van der Waals surface area contributed by atoms with Gasteiger partial charge in [0, 0.05) is 0 Å². The summed E-state index contributed by atoms with van der Waals surface area (Å²) in [7, 11) is 0. The zero-order chi connectivity index (χ0) is 32.0. The lowest BCUT2D eigenvalue weighted by molar-refractivity contribution is 0.0497. The number of unbranched alkanes of at least 4 members (excludes halogenated alkanes) is 4. The minimum atomic E-state index is -0.865. The van der Waals surface area contributed by atoms with Gasteiger partial charge in [0.2, 0.25) is 0 Å². The fourth-order valence-electron chi connectivity index (χ4n) is 4.34. The lowest BCUT2D eigenvalue weighted by atomic mass is 9.98. The van der Waals surface area contributed by atoms with Gasteiger partial charge in [-0.1, -0.05) is 129 Å². The van der Waals surface area contributed by atoms with Crippen LogP contribution in [0, 0.1) is 0 Å². The van der Waals surface area contributed by atoms with E-state index >= 15 is 0 Å². The molecule has 0 aromatic heterocycles. The highest BCUT2D eigenvalue weighted by atomic mass is 16.5. The van der Waals surface area contributed by atoms with E-state index in [0.29, 0.717) is 35.5 Å². The average Bonchev–Trinajstić information content (AvgIpc) is 3.06. The highest BCUT2D eigenvalue weighted by molar-refractivity contribution is 5.89. The van der Waals surface area contributed by atoms with E-state index in [4.69, 9.17) is 9.84 Å². The van der Waals surface area contributed by atoms with Gasteiger partial charge in [-0.05, 0) is 84.4 Å². The van der Waals surface area contributed by atoms with E-state index < -0.39 is 5.97 Å². The van der Waals surface area contributed by atoms with Crippen molar-refractivity contribution in [3.63, 3.8) is 0 Å². The van der Waals surface area contributed by atoms with E-state index in [0.717, 1.165) is 25.7 Å². The van der Waals surface area contributed by atoms with Crippen molar-refractivity contribution in [1.29, 1.82) is 0 Å². The van der Waals surface area contributed by atoms with E-state index in [-0.39, 0.29) is 5.97 Å². The van der Waals surface area contributed by atoms with Crippen molar-refractivity contribution >= 4 is 11.9 Å². The van der Waals surface area contributed by atoms with Crippen molar-refractivity contribution in [2.45, 2.75) is 118 Å². The third-order valence-corrected chi connectivity index (χ3v) is 8.13. The molecular weight excluding hydrogens is 532 g/mol. The molecule has 0 radical (unpaired) electrons. The maximum absolute atomic E-state index is 11.9. The molecule has 3 rings (SSSR count). The minimum Gasteiger partial charge on any atom is -0.478 e. The molecule has 0 heterocycles. The smallest absolute Gasteiger partial charge is 0.338 e. The van der Waals surface area contributed by atoms with Gasteiger partial charge < -0.3 is 9.84 Å². The largest absolute Gasteiger partial charge is 0.478 e. The van der Waals surface area contributed by atoms with Gasteiger partial charge in [-0.2, -0.15) is 0 Å². The van der Waals surface area contributed by atoms with Crippen LogP contribution < -0.4 is 0 Å². The Balaban J connectivity index is 0.000000345. The maximum Gasteiger partial charge on any atom is 0.338 e. The zero-order valence-electron chi connectivity index (χ0n) is 27.8. The molecule has 3 atom stereocenters. The lowest BCUT2D eigenvalue weighted by Crippen LogP contribution is -2.06. The van der Waals surface area contributed by atoms with Crippen LogP contribution in [-0.2, 0) is 4.74 Å². The van der Waals surface area contributed by atoms with Crippen molar-refractivity contribution < 1.29 is 19.4 Å². The van der Waals surface area contributed by atoms with E-state index in [9.17, 15) is 9.59 Å². The van der Waals surface area contributed by atoms with Crippen LogP contribution in [0.2, 0.25) is 0 Å². The first-order chi connectivity index (χ1) is 20.7. The fourth-order valence-corrected chi connectivity index (χ4v) is 4.34. The van der Waals surface area contributed by atoms with Crippen LogP contribution in [0.25, 0.3) is 0 Å². The highest BCUT2D eigenvalue weighted by Crippen LogP contribution is 2.20.